The summed E-state index contributed by atoms with van der Waals surface area (Å²) in [5.41, 5.74) is -0.0742. The summed E-state index contributed by atoms with van der Waals surface area (Å²) in [6.07, 6.45) is 6.97. The highest BCUT2D eigenvalue weighted by Gasteiger charge is 2.18. The van der Waals surface area contributed by atoms with Crippen molar-refractivity contribution in [2.24, 2.45) is 0 Å². The van der Waals surface area contributed by atoms with Crippen LogP contribution in [0, 0.1) is 10.1 Å². The zero-order chi connectivity index (χ0) is 15.7. The van der Waals surface area contributed by atoms with Crippen LogP contribution in [0.1, 0.15) is 62.7 Å². The van der Waals surface area contributed by atoms with Crippen molar-refractivity contribution >= 4 is 11.5 Å². The Labute approximate surface area is 125 Å². The zero-order valence-corrected chi connectivity index (χ0v) is 12.8. The molecule has 0 spiro atoms. The highest BCUT2D eigenvalue weighted by Crippen LogP contribution is 2.25. The Morgan fingerprint density at radius 2 is 1.86 bits per heavy atom. The molecule has 0 atom stereocenters. The van der Waals surface area contributed by atoms with Gasteiger partial charge in [-0.15, -0.1) is 0 Å². The van der Waals surface area contributed by atoms with Gasteiger partial charge >= 0.3 is 0 Å². The van der Waals surface area contributed by atoms with Crippen molar-refractivity contribution in [1.29, 1.82) is 0 Å². The van der Waals surface area contributed by atoms with Crippen LogP contribution in [-0.2, 0) is 0 Å². The van der Waals surface area contributed by atoms with Gasteiger partial charge in [0.15, 0.2) is 5.78 Å². The van der Waals surface area contributed by atoms with Gasteiger partial charge in [0.1, 0.15) is 5.75 Å². The van der Waals surface area contributed by atoms with E-state index in [4.69, 9.17) is 4.74 Å². The molecule has 5 heteroatoms. The molecule has 0 radical (unpaired) electrons. The fourth-order valence-electron chi connectivity index (χ4n) is 2.12. The van der Waals surface area contributed by atoms with Crippen molar-refractivity contribution in [2.45, 2.75) is 52.4 Å². The SMILES string of the molecule is CCCCCCCCOc1ccc(C(C)=O)c([N+](=O)[O-])c1. The Morgan fingerprint density at radius 3 is 2.48 bits per heavy atom. The summed E-state index contributed by atoms with van der Waals surface area (Å²) < 4.78 is 5.52. The number of hydrogen-bond donors (Lipinski definition) is 0. The number of nitro benzene ring substituents is 1. The van der Waals surface area contributed by atoms with E-state index in [-0.39, 0.29) is 17.0 Å². The molecule has 116 valence electrons. The van der Waals surface area contributed by atoms with E-state index in [0.29, 0.717) is 12.4 Å². The minimum atomic E-state index is -0.547. The van der Waals surface area contributed by atoms with E-state index in [1.807, 2.05) is 0 Å². The summed E-state index contributed by atoms with van der Waals surface area (Å²) >= 11 is 0. The number of ketones is 1. The van der Waals surface area contributed by atoms with Gasteiger partial charge in [-0.2, -0.15) is 0 Å². The van der Waals surface area contributed by atoms with Gasteiger partial charge in [-0.1, -0.05) is 39.0 Å². The molecule has 1 aromatic carbocycles. The molecule has 0 aliphatic carbocycles. The van der Waals surface area contributed by atoms with Crippen molar-refractivity contribution in [3.63, 3.8) is 0 Å². The summed E-state index contributed by atoms with van der Waals surface area (Å²) in [6.45, 7) is 4.04. The first-order chi connectivity index (χ1) is 10.1. The van der Waals surface area contributed by atoms with Crippen LogP contribution in [0.15, 0.2) is 18.2 Å². The normalized spacial score (nSPS) is 10.4. The maximum atomic E-state index is 11.3. The third-order valence-electron chi connectivity index (χ3n) is 3.31. The second kappa shape index (κ2) is 9.10. The Bertz CT molecular complexity index is 485. The van der Waals surface area contributed by atoms with Crippen LogP contribution in [0.4, 0.5) is 5.69 Å². The third-order valence-corrected chi connectivity index (χ3v) is 3.31. The largest absolute Gasteiger partial charge is 0.493 e. The van der Waals surface area contributed by atoms with Crippen LogP contribution in [0.25, 0.3) is 0 Å². The van der Waals surface area contributed by atoms with Gasteiger partial charge in [0.05, 0.1) is 23.2 Å². The van der Waals surface area contributed by atoms with Crippen molar-refractivity contribution in [1.82, 2.24) is 0 Å². The Morgan fingerprint density at radius 1 is 1.19 bits per heavy atom. The van der Waals surface area contributed by atoms with Crippen LogP contribution >= 0.6 is 0 Å². The zero-order valence-electron chi connectivity index (χ0n) is 12.8. The molecular weight excluding hydrogens is 270 g/mol. The van der Waals surface area contributed by atoms with E-state index in [1.165, 1.54) is 44.7 Å². The first-order valence-electron chi connectivity index (χ1n) is 7.48. The van der Waals surface area contributed by atoms with Crippen molar-refractivity contribution < 1.29 is 14.5 Å². The lowest BCUT2D eigenvalue weighted by atomic mass is 10.1. The van der Waals surface area contributed by atoms with Gasteiger partial charge in [-0.05, 0) is 25.5 Å². The predicted octanol–water partition coefficient (Wildman–Crippen LogP) is 4.54. The molecule has 0 saturated heterocycles. The summed E-state index contributed by atoms with van der Waals surface area (Å²) in [4.78, 5) is 21.7. The molecule has 0 aromatic heterocycles. The summed E-state index contributed by atoms with van der Waals surface area (Å²) in [7, 11) is 0. The number of ether oxygens (including phenoxy) is 1. The molecule has 21 heavy (non-hydrogen) atoms. The minimum Gasteiger partial charge on any atom is -0.493 e. The molecule has 5 nitrogen and oxygen atoms in total. The lowest BCUT2D eigenvalue weighted by Crippen LogP contribution is -2.02. The fourth-order valence-corrected chi connectivity index (χ4v) is 2.12. The van der Waals surface area contributed by atoms with Gasteiger partial charge in [-0.25, -0.2) is 0 Å². The van der Waals surface area contributed by atoms with Crippen LogP contribution in [0.3, 0.4) is 0 Å². The first kappa shape index (κ1) is 17.1. The van der Waals surface area contributed by atoms with Crippen LogP contribution in [0.5, 0.6) is 5.75 Å². The second-order valence-electron chi connectivity index (χ2n) is 5.11. The Balaban J connectivity index is 2.47. The Hall–Kier alpha value is -1.91. The molecule has 0 aliphatic heterocycles. The lowest BCUT2D eigenvalue weighted by Gasteiger charge is -2.07. The number of unbranched alkanes of at least 4 members (excludes halogenated alkanes) is 5. The number of carbonyl (C=O) groups excluding carboxylic acids is 1. The van der Waals surface area contributed by atoms with E-state index in [2.05, 4.69) is 6.92 Å². The topological polar surface area (TPSA) is 69.4 Å². The minimum absolute atomic E-state index is 0.118. The van der Waals surface area contributed by atoms with E-state index in [9.17, 15) is 14.9 Å². The first-order valence-corrected chi connectivity index (χ1v) is 7.48. The quantitative estimate of drug-likeness (QED) is 0.275. The predicted molar refractivity (Wildman–Crippen MR) is 82.0 cm³/mol. The second-order valence-corrected chi connectivity index (χ2v) is 5.11. The highest BCUT2D eigenvalue weighted by molar-refractivity contribution is 5.98. The van der Waals surface area contributed by atoms with E-state index < -0.39 is 4.92 Å². The van der Waals surface area contributed by atoms with Crippen LogP contribution in [-0.4, -0.2) is 17.3 Å². The van der Waals surface area contributed by atoms with Crippen LogP contribution < -0.4 is 4.74 Å². The maximum absolute atomic E-state index is 11.3. The van der Waals surface area contributed by atoms with Gasteiger partial charge in [0.25, 0.3) is 5.69 Å². The van der Waals surface area contributed by atoms with Crippen molar-refractivity contribution in [3.05, 3.63) is 33.9 Å². The number of rotatable bonds is 10. The number of Topliss-reactive ketones (excluding diaryl/α,β-unsaturated/α-hetero) is 1. The maximum Gasteiger partial charge on any atom is 0.283 e. The van der Waals surface area contributed by atoms with Crippen molar-refractivity contribution in [2.75, 3.05) is 6.61 Å². The lowest BCUT2D eigenvalue weighted by molar-refractivity contribution is -0.385. The van der Waals surface area contributed by atoms with E-state index in [0.717, 1.165) is 12.8 Å². The summed E-state index contributed by atoms with van der Waals surface area (Å²) in [5, 5.41) is 11.0. The number of nitrogens with zero attached hydrogens (tertiary/aromatic N) is 1. The number of carbonyl (C=O) groups is 1. The van der Waals surface area contributed by atoms with Crippen LogP contribution in [0.2, 0.25) is 0 Å². The van der Waals surface area contributed by atoms with E-state index >= 15 is 0 Å². The van der Waals surface area contributed by atoms with E-state index in [1.54, 1.807) is 6.07 Å². The molecular formula is C16H23NO4. The molecule has 0 amide bonds. The van der Waals surface area contributed by atoms with Crippen molar-refractivity contribution in [3.8, 4) is 5.75 Å². The third kappa shape index (κ3) is 5.94. The van der Waals surface area contributed by atoms with Gasteiger partial charge in [-0.3, -0.25) is 14.9 Å². The monoisotopic (exact) mass is 293 g/mol. The average Bonchev–Trinajstić information content (AvgIpc) is 2.46. The summed E-state index contributed by atoms with van der Waals surface area (Å²) in [5.74, 6) is 0.129. The number of benzene rings is 1. The smallest absolute Gasteiger partial charge is 0.283 e. The van der Waals surface area contributed by atoms with Gasteiger partial charge in [0.2, 0.25) is 0 Å². The number of hydrogen-bond acceptors (Lipinski definition) is 4. The average molecular weight is 293 g/mol. The molecule has 0 N–H and O–H groups in total. The fraction of sp³-hybridized carbons (Fsp3) is 0.562. The summed E-state index contributed by atoms with van der Waals surface area (Å²) in [6, 6.07) is 4.39. The number of nitro groups is 1. The molecule has 0 fully saturated rings. The highest BCUT2D eigenvalue weighted by atomic mass is 16.6. The van der Waals surface area contributed by atoms with Gasteiger partial charge < -0.3 is 4.74 Å². The molecule has 0 saturated carbocycles. The molecule has 0 bridgehead atoms. The molecule has 1 rings (SSSR count). The standard InChI is InChI=1S/C16H23NO4/c1-3-4-5-6-7-8-11-21-14-9-10-15(13(2)18)16(12-14)17(19)20/h9-10,12H,3-8,11H2,1-2H3. The molecule has 0 heterocycles. The molecule has 0 aliphatic rings. The molecule has 0 unspecified atom stereocenters. The van der Waals surface area contributed by atoms with Gasteiger partial charge in [0, 0.05) is 0 Å². The Kier molecular flexibility index (Phi) is 7.43. The molecule has 1 aromatic rings.